The third-order valence-electron chi connectivity index (χ3n) is 2.44. The average Bonchev–Trinajstić information content (AvgIpc) is 2.44. The van der Waals surface area contributed by atoms with E-state index in [4.69, 9.17) is 4.74 Å². The second kappa shape index (κ2) is 3.20. The number of aromatic nitrogens is 2. The van der Waals surface area contributed by atoms with E-state index in [-0.39, 0.29) is 5.60 Å². The Bertz CT molecular complexity index is 349. The highest BCUT2D eigenvalue weighted by Crippen LogP contribution is 2.38. The molecule has 0 aliphatic carbocycles. The predicted molar refractivity (Wildman–Crippen MR) is 54.0 cm³/mol. The van der Waals surface area contributed by atoms with E-state index in [1.165, 1.54) is 0 Å². The summed E-state index contributed by atoms with van der Waals surface area (Å²) in [5.41, 5.74) is 1.83. The molecule has 0 radical (unpaired) electrons. The van der Waals surface area contributed by atoms with Crippen LogP contribution in [0.2, 0.25) is 0 Å². The first-order valence-electron chi connectivity index (χ1n) is 4.87. The number of nitrogens with zero attached hydrogens (tertiary/aromatic N) is 2. The lowest BCUT2D eigenvalue weighted by Gasteiger charge is -2.20. The highest BCUT2D eigenvalue weighted by molar-refractivity contribution is 5.50. The maximum absolute atomic E-state index is 5.66. The van der Waals surface area contributed by atoms with E-state index < -0.39 is 0 Å². The molecule has 1 aromatic rings. The van der Waals surface area contributed by atoms with Crippen LogP contribution < -0.4 is 5.32 Å². The van der Waals surface area contributed by atoms with E-state index in [0.717, 1.165) is 23.6 Å². The molecule has 0 bridgehead atoms. The number of ether oxygens (including phenoxy) is 1. The van der Waals surface area contributed by atoms with Crippen LogP contribution in [0, 0.1) is 0 Å². The molecule has 4 nitrogen and oxygen atoms in total. The smallest absolute Gasteiger partial charge is 0.135 e. The van der Waals surface area contributed by atoms with Gasteiger partial charge in [-0.2, -0.15) is 0 Å². The SMILES string of the molecule is CCNc1ncnc2c1C(C)(C)OC2. The van der Waals surface area contributed by atoms with Crippen LogP contribution >= 0.6 is 0 Å². The van der Waals surface area contributed by atoms with Crippen LogP contribution in [-0.4, -0.2) is 16.5 Å². The second-order valence-electron chi connectivity index (χ2n) is 3.87. The molecule has 0 saturated heterocycles. The molecule has 76 valence electrons. The normalized spacial score (nSPS) is 17.9. The molecule has 0 fully saturated rings. The lowest BCUT2D eigenvalue weighted by atomic mass is 9.99. The molecule has 2 rings (SSSR count). The lowest BCUT2D eigenvalue weighted by Crippen LogP contribution is -2.18. The van der Waals surface area contributed by atoms with E-state index in [0.29, 0.717) is 6.61 Å². The van der Waals surface area contributed by atoms with Crippen molar-refractivity contribution >= 4 is 5.82 Å². The van der Waals surface area contributed by atoms with Crippen molar-refractivity contribution in [3.05, 3.63) is 17.6 Å². The topological polar surface area (TPSA) is 47.0 Å². The Hall–Kier alpha value is -1.16. The first kappa shape index (κ1) is 9.40. The summed E-state index contributed by atoms with van der Waals surface area (Å²) >= 11 is 0. The summed E-state index contributed by atoms with van der Waals surface area (Å²) in [7, 11) is 0. The lowest BCUT2D eigenvalue weighted by molar-refractivity contribution is -0.00813. The van der Waals surface area contributed by atoms with Gasteiger partial charge in [0, 0.05) is 12.1 Å². The van der Waals surface area contributed by atoms with Crippen LogP contribution in [0.5, 0.6) is 0 Å². The molecule has 0 saturated carbocycles. The van der Waals surface area contributed by atoms with E-state index in [1.54, 1.807) is 6.33 Å². The minimum atomic E-state index is -0.270. The van der Waals surface area contributed by atoms with Gasteiger partial charge in [-0.1, -0.05) is 0 Å². The summed E-state index contributed by atoms with van der Waals surface area (Å²) in [5, 5.41) is 3.23. The number of hydrogen-bond donors (Lipinski definition) is 1. The van der Waals surface area contributed by atoms with Gasteiger partial charge in [0.2, 0.25) is 0 Å². The van der Waals surface area contributed by atoms with Crippen molar-refractivity contribution in [1.82, 2.24) is 9.97 Å². The van der Waals surface area contributed by atoms with Gasteiger partial charge in [0.25, 0.3) is 0 Å². The molecule has 1 N–H and O–H groups in total. The Labute approximate surface area is 83.7 Å². The molecule has 0 unspecified atom stereocenters. The molecule has 4 heteroatoms. The summed E-state index contributed by atoms with van der Waals surface area (Å²) in [6.45, 7) is 7.59. The Morgan fingerprint density at radius 3 is 3.00 bits per heavy atom. The van der Waals surface area contributed by atoms with Gasteiger partial charge in [0.15, 0.2) is 0 Å². The molecule has 1 aromatic heterocycles. The average molecular weight is 193 g/mol. The van der Waals surface area contributed by atoms with E-state index in [1.807, 2.05) is 13.8 Å². The summed E-state index contributed by atoms with van der Waals surface area (Å²) in [5.74, 6) is 0.903. The fourth-order valence-corrected chi connectivity index (χ4v) is 1.79. The van der Waals surface area contributed by atoms with Crippen LogP contribution in [0.1, 0.15) is 32.0 Å². The highest BCUT2D eigenvalue weighted by atomic mass is 16.5. The van der Waals surface area contributed by atoms with Crippen molar-refractivity contribution in [1.29, 1.82) is 0 Å². The van der Waals surface area contributed by atoms with Gasteiger partial charge in [-0.15, -0.1) is 0 Å². The molecule has 2 heterocycles. The van der Waals surface area contributed by atoms with E-state index in [9.17, 15) is 0 Å². The number of rotatable bonds is 2. The highest BCUT2D eigenvalue weighted by Gasteiger charge is 2.35. The molecule has 0 atom stereocenters. The van der Waals surface area contributed by atoms with Crippen molar-refractivity contribution in [3.8, 4) is 0 Å². The van der Waals surface area contributed by atoms with Crippen molar-refractivity contribution in [3.63, 3.8) is 0 Å². The van der Waals surface area contributed by atoms with Crippen molar-refractivity contribution in [2.75, 3.05) is 11.9 Å². The summed E-state index contributed by atoms with van der Waals surface area (Å²) < 4.78 is 5.66. The minimum absolute atomic E-state index is 0.270. The molecule has 0 aromatic carbocycles. The Morgan fingerprint density at radius 1 is 1.50 bits per heavy atom. The van der Waals surface area contributed by atoms with Crippen molar-refractivity contribution < 1.29 is 4.74 Å². The summed E-state index contributed by atoms with van der Waals surface area (Å²) in [6.07, 6.45) is 1.58. The van der Waals surface area contributed by atoms with Gasteiger partial charge in [0.1, 0.15) is 12.1 Å². The standard InChI is InChI=1S/C10H15N3O/c1-4-11-9-8-7(12-6-13-9)5-14-10(8,2)3/h6H,4-5H2,1-3H3,(H,11,12,13). The maximum atomic E-state index is 5.66. The second-order valence-corrected chi connectivity index (χ2v) is 3.87. The zero-order chi connectivity index (χ0) is 10.2. The predicted octanol–water partition coefficient (Wildman–Crippen LogP) is 1.67. The van der Waals surface area contributed by atoms with Gasteiger partial charge in [-0.25, -0.2) is 9.97 Å². The minimum Gasteiger partial charge on any atom is -0.370 e. The number of nitrogens with one attached hydrogen (secondary N) is 1. The fraction of sp³-hybridized carbons (Fsp3) is 0.600. The van der Waals surface area contributed by atoms with Crippen molar-refractivity contribution in [2.24, 2.45) is 0 Å². The summed E-state index contributed by atoms with van der Waals surface area (Å²) in [6, 6.07) is 0. The Morgan fingerprint density at radius 2 is 2.29 bits per heavy atom. The third-order valence-corrected chi connectivity index (χ3v) is 2.44. The zero-order valence-corrected chi connectivity index (χ0v) is 8.79. The molecule has 1 aliphatic rings. The summed E-state index contributed by atoms with van der Waals surface area (Å²) in [4.78, 5) is 8.46. The van der Waals surface area contributed by atoms with Gasteiger partial charge in [-0.3, -0.25) is 0 Å². The first-order chi connectivity index (χ1) is 6.65. The Kier molecular flexibility index (Phi) is 2.15. The number of anilines is 1. The van der Waals surface area contributed by atoms with Gasteiger partial charge in [-0.05, 0) is 20.8 Å². The molecular formula is C10H15N3O. The molecule has 1 aliphatic heterocycles. The molecule has 14 heavy (non-hydrogen) atoms. The van der Waals surface area contributed by atoms with Gasteiger partial charge >= 0.3 is 0 Å². The number of hydrogen-bond acceptors (Lipinski definition) is 4. The van der Waals surface area contributed by atoms with Crippen LogP contribution in [0.15, 0.2) is 6.33 Å². The zero-order valence-electron chi connectivity index (χ0n) is 8.79. The number of fused-ring (bicyclic) bond motifs is 1. The van der Waals surface area contributed by atoms with E-state index in [2.05, 4.69) is 22.2 Å². The van der Waals surface area contributed by atoms with E-state index >= 15 is 0 Å². The monoisotopic (exact) mass is 193 g/mol. The van der Waals surface area contributed by atoms with Gasteiger partial charge in [0.05, 0.1) is 17.9 Å². The maximum Gasteiger partial charge on any atom is 0.135 e. The quantitative estimate of drug-likeness (QED) is 0.776. The van der Waals surface area contributed by atoms with Crippen molar-refractivity contribution in [2.45, 2.75) is 33.0 Å². The first-order valence-corrected chi connectivity index (χ1v) is 4.87. The van der Waals surface area contributed by atoms with Crippen LogP contribution in [0.25, 0.3) is 0 Å². The molecule has 0 spiro atoms. The fourth-order valence-electron chi connectivity index (χ4n) is 1.79. The largest absolute Gasteiger partial charge is 0.370 e. The van der Waals surface area contributed by atoms with Gasteiger partial charge < -0.3 is 10.1 Å². The molecular weight excluding hydrogens is 178 g/mol. The van der Waals surface area contributed by atoms with Crippen LogP contribution in [0.3, 0.4) is 0 Å². The van der Waals surface area contributed by atoms with Crippen LogP contribution in [0.4, 0.5) is 5.82 Å². The van der Waals surface area contributed by atoms with Crippen LogP contribution in [-0.2, 0) is 16.9 Å². The Balaban J connectivity index is 2.49. The third kappa shape index (κ3) is 1.35. The molecule has 0 amide bonds.